The zero-order chi connectivity index (χ0) is 19.6. The Bertz CT molecular complexity index is 1050. The number of hydrogen-bond donors (Lipinski definition) is 1. The first kappa shape index (κ1) is 22.4. The number of nitrogens with one attached hydrogen (secondary N) is 1. The van der Waals surface area contributed by atoms with Crippen LogP contribution < -0.4 is 5.32 Å². The average Bonchev–Trinajstić information content (AvgIpc) is 3.19. The van der Waals surface area contributed by atoms with Crippen LogP contribution in [0.15, 0.2) is 63.3 Å². The van der Waals surface area contributed by atoms with Gasteiger partial charge in [-0.05, 0) is 49.2 Å². The summed E-state index contributed by atoms with van der Waals surface area (Å²) in [5.41, 5.74) is 2.69. The molecule has 0 unspecified atom stereocenters. The van der Waals surface area contributed by atoms with Crippen molar-refractivity contribution in [2.24, 2.45) is 0 Å². The van der Waals surface area contributed by atoms with E-state index in [-0.39, 0.29) is 17.0 Å². The van der Waals surface area contributed by atoms with Crippen LogP contribution in [0.5, 0.6) is 0 Å². The van der Waals surface area contributed by atoms with Crippen molar-refractivity contribution in [3.05, 3.63) is 58.4 Å². The summed E-state index contributed by atoms with van der Waals surface area (Å²) in [4.78, 5) is 4.96. The number of benzene rings is 2. The molecular formula is C20H21Br2N3O2S2. The molecule has 9 heteroatoms. The zero-order valence-corrected chi connectivity index (χ0v) is 20.5. The molecule has 154 valence electrons. The highest BCUT2D eigenvalue weighted by Gasteiger charge is 2.25. The van der Waals surface area contributed by atoms with Crippen molar-refractivity contribution < 1.29 is 8.42 Å². The quantitative estimate of drug-likeness (QED) is 0.413. The number of sulfonamides is 1. The van der Waals surface area contributed by atoms with Gasteiger partial charge in [-0.3, -0.25) is 0 Å². The molecule has 0 bridgehead atoms. The molecule has 3 aromatic rings. The van der Waals surface area contributed by atoms with Crippen LogP contribution in [0.1, 0.15) is 19.3 Å². The van der Waals surface area contributed by atoms with E-state index in [9.17, 15) is 8.42 Å². The molecule has 5 nitrogen and oxygen atoms in total. The lowest BCUT2D eigenvalue weighted by Crippen LogP contribution is -2.35. The molecule has 0 aliphatic carbocycles. The molecule has 1 saturated heterocycles. The second-order valence-corrected chi connectivity index (χ2v) is 10.4. The molecule has 0 atom stereocenters. The first-order valence-electron chi connectivity index (χ1n) is 9.11. The molecular weight excluding hydrogens is 538 g/mol. The lowest BCUT2D eigenvalue weighted by molar-refractivity contribution is 0.346. The molecule has 1 aromatic heterocycles. The van der Waals surface area contributed by atoms with E-state index in [0.717, 1.165) is 45.8 Å². The SMILES string of the molecule is Br.O=S(=O)(c1ccc(-c2csc(Nc3ccc(Br)cc3)n2)cc1)N1CCCCC1. The topological polar surface area (TPSA) is 62.3 Å². The second kappa shape index (κ2) is 9.70. The highest BCUT2D eigenvalue weighted by atomic mass is 79.9. The number of anilines is 2. The minimum absolute atomic E-state index is 0. The lowest BCUT2D eigenvalue weighted by atomic mass is 10.2. The van der Waals surface area contributed by atoms with Crippen LogP contribution in [0, 0.1) is 0 Å². The van der Waals surface area contributed by atoms with E-state index in [1.165, 1.54) is 11.3 Å². The maximum atomic E-state index is 12.8. The average molecular weight is 559 g/mol. The molecule has 1 N–H and O–H groups in total. The Morgan fingerprint density at radius 1 is 0.966 bits per heavy atom. The maximum absolute atomic E-state index is 12.8. The summed E-state index contributed by atoms with van der Waals surface area (Å²) in [6, 6.07) is 14.9. The number of rotatable bonds is 5. The van der Waals surface area contributed by atoms with Crippen LogP contribution in [-0.2, 0) is 10.0 Å². The normalized spacial score (nSPS) is 14.9. The molecule has 0 amide bonds. The molecule has 2 heterocycles. The van der Waals surface area contributed by atoms with Crippen molar-refractivity contribution >= 4 is 65.1 Å². The van der Waals surface area contributed by atoms with E-state index in [4.69, 9.17) is 0 Å². The van der Waals surface area contributed by atoms with Gasteiger partial charge in [0.2, 0.25) is 10.0 Å². The van der Waals surface area contributed by atoms with Gasteiger partial charge in [0.1, 0.15) is 0 Å². The van der Waals surface area contributed by atoms with Gasteiger partial charge in [0.05, 0.1) is 10.6 Å². The summed E-state index contributed by atoms with van der Waals surface area (Å²) in [6.45, 7) is 1.22. The van der Waals surface area contributed by atoms with Gasteiger partial charge in [-0.15, -0.1) is 28.3 Å². The molecule has 1 fully saturated rings. The van der Waals surface area contributed by atoms with E-state index in [1.807, 2.05) is 41.8 Å². The molecule has 0 radical (unpaired) electrons. The van der Waals surface area contributed by atoms with Crippen molar-refractivity contribution in [3.8, 4) is 11.3 Å². The van der Waals surface area contributed by atoms with Gasteiger partial charge in [-0.25, -0.2) is 13.4 Å². The van der Waals surface area contributed by atoms with Crippen molar-refractivity contribution in [1.29, 1.82) is 0 Å². The first-order valence-corrected chi connectivity index (χ1v) is 12.2. The predicted octanol–water partition coefficient (Wildman–Crippen LogP) is 6.07. The Hall–Kier alpha value is -1.26. The number of aromatic nitrogens is 1. The number of piperidine rings is 1. The Morgan fingerprint density at radius 2 is 1.62 bits per heavy atom. The third-order valence-electron chi connectivity index (χ3n) is 4.70. The monoisotopic (exact) mass is 557 g/mol. The number of thiazole rings is 1. The molecule has 1 aliphatic heterocycles. The van der Waals surface area contributed by atoms with E-state index >= 15 is 0 Å². The van der Waals surface area contributed by atoms with Crippen LogP contribution in [0.2, 0.25) is 0 Å². The summed E-state index contributed by atoms with van der Waals surface area (Å²) in [6.07, 6.45) is 2.97. The Labute approximate surface area is 194 Å². The van der Waals surface area contributed by atoms with Gasteiger partial charge < -0.3 is 5.32 Å². The lowest BCUT2D eigenvalue weighted by Gasteiger charge is -2.25. The fourth-order valence-corrected chi connectivity index (χ4v) is 5.69. The van der Waals surface area contributed by atoms with Crippen LogP contribution in [0.4, 0.5) is 10.8 Å². The van der Waals surface area contributed by atoms with Gasteiger partial charge >= 0.3 is 0 Å². The highest BCUT2D eigenvalue weighted by molar-refractivity contribution is 9.10. The highest BCUT2D eigenvalue weighted by Crippen LogP contribution is 2.29. The van der Waals surface area contributed by atoms with Crippen LogP contribution in [0.25, 0.3) is 11.3 Å². The van der Waals surface area contributed by atoms with E-state index in [2.05, 4.69) is 26.2 Å². The van der Waals surface area contributed by atoms with Crippen LogP contribution in [0.3, 0.4) is 0 Å². The molecule has 4 rings (SSSR count). The predicted molar refractivity (Wildman–Crippen MR) is 128 cm³/mol. The maximum Gasteiger partial charge on any atom is 0.243 e. The second-order valence-electron chi connectivity index (χ2n) is 6.66. The number of hydrogen-bond acceptors (Lipinski definition) is 5. The third kappa shape index (κ3) is 5.27. The smallest absolute Gasteiger partial charge is 0.243 e. The van der Waals surface area contributed by atoms with E-state index in [0.29, 0.717) is 18.0 Å². The van der Waals surface area contributed by atoms with E-state index in [1.54, 1.807) is 16.4 Å². The van der Waals surface area contributed by atoms with Gasteiger partial charge in [-0.2, -0.15) is 4.31 Å². The summed E-state index contributed by atoms with van der Waals surface area (Å²) >= 11 is 4.94. The van der Waals surface area contributed by atoms with Gasteiger partial charge in [0.25, 0.3) is 0 Å². The summed E-state index contributed by atoms with van der Waals surface area (Å²) in [5.74, 6) is 0. The Kier molecular flexibility index (Phi) is 7.50. The van der Waals surface area contributed by atoms with Crippen LogP contribution >= 0.6 is 44.2 Å². The van der Waals surface area contributed by atoms with Gasteiger partial charge in [0.15, 0.2) is 5.13 Å². The molecule has 0 saturated carbocycles. The molecule has 29 heavy (non-hydrogen) atoms. The summed E-state index contributed by atoms with van der Waals surface area (Å²) in [5, 5.41) is 6.05. The summed E-state index contributed by atoms with van der Waals surface area (Å²) in [7, 11) is -3.40. The molecule has 1 aliphatic rings. The minimum Gasteiger partial charge on any atom is -0.332 e. The fourth-order valence-electron chi connectivity index (χ4n) is 3.17. The van der Waals surface area contributed by atoms with Crippen molar-refractivity contribution in [3.63, 3.8) is 0 Å². The fraction of sp³-hybridized carbons (Fsp3) is 0.250. The first-order chi connectivity index (χ1) is 13.5. The van der Waals surface area contributed by atoms with Gasteiger partial charge in [0, 0.05) is 34.2 Å². The third-order valence-corrected chi connectivity index (χ3v) is 7.90. The Balaban J connectivity index is 0.00000240. The van der Waals surface area contributed by atoms with Crippen LogP contribution in [-0.4, -0.2) is 30.8 Å². The van der Waals surface area contributed by atoms with E-state index < -0.39 is 10.0 Å². The molecule has 0 spiro atoms. The number of halogens is 2. The van der Waals surface area contributed by atoms with Crippen molar-refractivity contribution in [1.82, 2.24) is 9.29 Å². The summed E-state index contributed by atoms with van der Waals surface area (Å²) < 4.78 is 28.1. The largest absolute Gasteiger partial charge is 0.332 e. The van der Waals surface area contributed by atoms with Gasteiger partial charge in [-0.1, -0.05) is 34.5 Å². The minimum atomic E-state index is -3.40. The Morgan fingerprint density at radius 3 is 2.28 bits per heavy atom. The standard InChI is InChI=1S/C20H20BrN3O2S2.BrH/c21-16-6-8-17(9-7-16)22-20-23-19(14-27-20)15-4-10-18(11-5-15)28(25,26)24-12-2-1-3-13-24;/h4-11,14H,1-3,12-13H2,(H,22,23);1H. The van der Waals surface area contributed by atoms with Crippen molar-refractivity contribution in [2.45, 2.75) is 24.2 Å². The van der Waals surface area contributed by atoms with Crippen molar-refractivity contribution in [2.75, 3.05) is 18.4 Å². The molecule has 2 aromatic carbocycles. The zero-order valence-electron chi connectivity index (χ0n) is 15.5. The number of nitrogens with zero attached hydrogens (tertiary/aromatic N) is 2.